The Balaban J connectivity index is 2.61. The average Bonchev–Trinajstić information content (AvgIpc) is 2.70. The Hall–Kier alpha value is -2.37. The average molecular weight is 261 g/mol. The molecule has 6 heteroatoms. The van der Waals surface area contributed by atoms with E-state index in [4.69, 9.17) is 10.8 Å². The van der Waals surface area contributed by atoms with E-state index < -0.39 is 17.4 Å². The second kappa shape index (κ2) is 4.38. The number of hydrogen-bond acceptors (Lipinski definition) is 3. The molecule has 0 aliphatic heterocycles. The molecule has 0 aliphatic carbocycles. The van der Waals surface area contributed by atoms with Crippen molar-refractivity contribution in [3.63, 3.8) is 0 Å². The van der Waals surface area contributed by atoms with Gasteiger partial charge >= 0.3 is 5.97 Å². The third kappa shape index (κ3) is 2.29. The molecule has 2 rings (SSSR count). The molecule has 1 aromatic heterocycles. The number of carboxylic acid groups (broad SMARTS) is 1. The van der Waals surface area contributed by atoms with Crippen molar-refractivity contribution in [1.82, 2.24) is 9.55 Å². The first-order chi connectivity index (χ1) is 8.83. The van der Waals surface area contributed by atoms with Gasteiger partial charge in [-0.15, -0.1) is 0 Å². The number of fused-ring (bicyclic) bond motifs is 1. The molecule has 2 aromatic rings. The second-order valence-corrected chi connectivity index (χ2v) is 5.05. The molecule has 0 fully saturated rings. The van der Waals surface area contributed by atoms with Crippen molar-refractivity contribution in [1.29, 1.82) is 0 Å². The number of hydrogen-bond donors (Lipinski definition) is 2. The fourth-order valence-electron chi connectivity index (χ4n) is 2.21. The predicted octanol–water partition coefficient (Wildman–Crippen LogP) is 1.34. The lowest BCUT2D eigenvalue weighted by Crippen LogP contribution is -2.31. The summed E-state index contributed by atoms with van der Waals surface area (Å²) in [5, 5.41) is 9.12. The van der Waals surface area contributed by atoms with Crippen LogP contribution in [0.2, 0.25) is 0 Å². The summed E-state index contributed by atoms with van der Waals surface area (Å²) in [5.74, 6) is -1.44. The minimum Gasteiger partial charge on any atom is -0.478 e. The van der Waals surface area contributed by atoms with Crippen molar-refractivity contribution in [3.8, 4) is 0 Å². The molecule has 100 valence electrons. The van der Waals surface area contributed by atoms with Crippen LogP contribution in [-0.4, -0.2) is 26.5 Å². The van der Waals surface area contributed by atoms with E-state index in [1.807, 2.05) is 13.8 Å². The first-order valence-corrected chi connectivity index (χ1v) is 5.81. The van der Waals surface area contributed by atoms with Crippen LogP contribution in [0.3, 0.4) is 0 Å². The Morgan fingerprint density at radius 3 is 2.68 bits per heavy atom. The molecule has 0 saturated carbocycles. The smallest absolute Gasteiger partial charge is 0.337 e. The summed E-state index contributed by atoms with van der Waals surface area (Å²) in [6, 6.07) is 4.94. The van der Waals surface area contributed by atoms with Crippen molar-refractivity contribution in [2.24, 2.45) is 5.73 Å². The number of carbonyl (C=O) groups excluding carboxylic acids is 1. The number of primary amides is 1. The van der Waals surface area contributed by atoms with Crippen LogP contribution in [0.5, 0.6) is 0 Å². The summed E-state index contributed by atoms with van der Waals surface area (Å²) in [4.78, 5) is 26.4. The van der Waals surface area contributed by atoms with E-state index in [1.165, 1.54) is 6.07 Å². The first kappa shape index (κ1) is 13.1. The van der Waals surface area contributed by atoms with Crippen molar-refractivity contribution in [3.05, 3.63) is 30.1 Å². The van der Waals surface area contributed by atoms with E-state index in [-0.39, 0.29) is 12.0 Å². The minimum absolute atomic E-state index is 0.145. The van der Waals surface area contributed by atoms with Crippen LogP contribution < -0.4 is 5.73 Å². The van der Waals surface area contributed by atoms with Crippen molar-refractivity contribution >= 4 is 22.9 Å². The maximum Gasteiger partial charge on any atom is 0.337 e. The van der Waals surface area contributed by atoms with E-state index >= 15 is 0 Å². The van der Waals surface area contributed by atoms with Gasteiger partial charge in [-0.2, -0.15) is 0 Å². The Kier molecular flexibility index (Phi) is 3.01. The zero-order valence-corrected chi connectivity index (χ0v) is 10.8. The minimum atomic E-state index is -1.02. The normalized spacial score (nSPS) is 11.7. The number of para-hydroxylation sites is 1. The maximum absolute atomic E-state index is 11.1. The Morgan fingerprint density at radius 2 is 2.11 bits per heavy atom. The summed E-state index contributed by atoms with van der Waals surface area (Å²) in [6.45, 7) is 3.71. The van der Waals surface area contributed by atoms with Crippen LogP contribution in [0.25, 0.3) is 11.0 Å². The largest absolute Gasteiger partial charge is 0.478 e. The number of carbonyl (C=O) groups is 2. The molecule has 0 saturated heterocycles. The number of rotatable bonds is 4. The van der Waals surface area contributed by atoms with Gasteiger partial charge in [0.2, 0.25) is 5.91 Å². The summed E-state index contributed by atoms with van der Waals surface area (Å²) in [5.41, 5.74) is 5.91. The molecular weight excluding hydrogens is 246 g/mol. The van der Waals surface area contributed by atoms with Crippen molar-refractivity contribution in [2.45, 2.75) is 25.8 Å². The van der Waals surface area contributed by atoms with Crippen LogP contribution in [0, 0.1) is 0 Å². The predicted molar refractivity (Wildman–Crippen MR) is 69.8 cm³/mol. The van der Waals surface area contributed by atoms with Crippen LogP contribution in [0.1, 0.15) is 30.6 Å². The highest BCUT2D eigenvalue weighted by Crippen LogP contribution is 2.26. The second-order valence-electron chi connectivity index (χ2n) is 5.05. The van der Waals surface area contributed by atoms with Gasteiger partial charge in [0.15, 0.2) is 0 Å². The molecule has 1 amide bonds. The Bertz CT molecular complexity index is 658. The molecule has 1 aromatic carbocycles. The topological polar surface area (TPSA) is 98.2 Å². The van der Waals surface area contributed by atoms with Gasteiger partial charge in [-0.1, -0.05) is 6.07 Å². The quantitative estimate of drug-likeness (QED) is 0.867. The van der Waals surface area contributed by atoms with E-state index in [1.54, 1.807) is 23.0 Å². The van der Waals surface area contributed by atoms with Gasteiger partial charge in [0, 0.05) is 12.0 Å². The fourth-order valence-corrected chi connectivity index (χ4v) is 2.21. The lowest BCUT2D eigenvalue weighted by Gasteiger charge is -2.25. The number of aromatic nitrogens is 2. The van der Waals surface area contributed by atoms with Gasteiger partial charge in [0.25, 0.3) is 0 Å². The summed E-state index contributed by atoms with van der Waals surface area (Å²) in [6.07, 6.45) is 1.69. The molecule has 19 heavy (non-hydrogen) atoms. The molecule has 3 N–H and O–H groups in total. The number of aromatic carboxylic acids is 1. The highest BCUT2D eigenvalue weighted by molar-refractivity contribution is 6.01. The van der Waals surface area contributed by atoms with E-state index in [0.717, 1.165) is 0 Å². The lowest BCUT2D eigenvalue weighted by atomic mass is 9.99. The highest BCUT2D eigenvalue weighted by Gasteiger charge is 2.25. The number of nitrogens with two attached hydrogens (primary N) is 1. The summed E-state index contributed by atoms with van der Waals surface area (Å²) < 4.78 is 1.78. The number of benzene rings is 1. The number of imidazole rings is 1. The molecular formula is C13H15N3O3. The van der Waals surface area contributed by atoms with Crippen LogP contribution in [0.15, 0.2) is 24.5 Å². The van der Waals surface area contributed by atoms with Gasteiger partial charge in [-0.25, -0.2) is 9.78 Å². The Labute approximate surface area is 109 Å². The van der Waals surface area contributed by atoms with Crippen LogP contribution in [0.4, 0.5) is 0 Å². The van der Waals surface area contributed by atoms with E-state index in [0.29, 0.717) is 11.0 Å². The molecule has 0 bridgehead atoms. The van der Waals surface area contributed by atoms with Gasteiger partial charge in [0.05, 0.1) is 17.4 Å². The molecule has 0 radical (unpaired) electrons. The van der Waals surface area contributed by atoms with E-state index in [2.05, 4.69) is 4.98 Å². The molecule has 0 atom stereocenters. The summed E-state index contributed by atoms with van der Waals surface area (Å²) in [7, 11) is 0. The van der Waals surface area contributed by atoms with Crippen LogP contribution in [-0.2, 0) is 10.3 Å². The maximum atomic E-state index is 11.1. The lowest BCUT2D eigenvalue weighted by molar-refractivity contribution is -0.119. The summed E-state index contributed by atoms with van der Waals surface area (Å²) >= 11 is 0. The van der Waals surface area contributed by atoms with Gasteiger partial charge in [-0.3, -0.25) is 4.79 Å². The van der Waals surface area contributed by atoms with Crippen molar-refractivity contribution < 1.29 is 14.7 Å². The molecule has 6 nitrogen and oxygen atoms in total. The van der Waals surface area contributed by atoms with Gasteiger partial charge < -0.3 is 15.4 Å². The third-order valence-corrected chi connectivity index (χ3v) is 3.07. The molecule has 0 spiro atoms. The van der Waals surface area contributed by atoms with Crippen molar-refractivity contribution in [2.75, 3.05) is 0 Å². The van der Waals surface area contributed by atoms with Gasteiger partial charge in [-0.05, 0) is 26.0 Å². The third-order valence-electron chi connectivity index (χ3n) is 3.07. The zero-order valence-electron chi connectivity index (χ0n) is 10.8. The molecule has 0 aliphatic rings. The zero-order chi connectivity index (χ0) is 14.2. The monoisotopic (exact) mass is 261 g/mol. The molecule has 0 unspecified atom stereocenters. The van der Waals surface area contributed by atoms with Gasteiger partial charge in [0.1, 0.15) is 5.52 Å². The number of amides is 1. The fraction of sp³-hybridized carbons (Fsp3) is 0.308. The molecule has 1 heterocycles. The number of carboxylic acids is 1. The van der Waals surface area contributed by atoms with E-state index in [9.17, 15) is 9.59 Å². The number of nitrogens with zero attached hydrogens (tertiary/aromatic N) is 2. The highest BCUT2D eigenvalue weighted by atomic mass is 16.4. The first-order valence-electron chi connectivity index (χ1n) is 5.81. The standard InChI is InChI=1S/C13H15N3O3/c1-13(2,6-10(14)17)16-7-15-11-8(12(18)19)4-3-5-9(11)16/h3-5,7H,6H2,1-2H3,(H2,14,17)(H,18,19). The Morgan fingerprint density at radius 1 is 1.42 bits per heavy atom. The SMILES string of the molecule is CC(C)(CC(N)=O)n1cnc2c(C(=O)O)cccc21. The van der Waals surface area contributed by atoms with Crippen LogP contribution >= 0.6 is 0 Å².